The molecule has 0 spiro atoms. The van der Waals surface area contributed by atoms with E-state index in [1.54, 1.807) is 6.92 Å². The Morgan fingerprint density at radius 2 is 2.29 bits per heavy atom. The molecular formula is C14H18ClN3O3. The fourth-order valence-corrected chi connectivity index (χ4v) is 2.39. The van der Waals surface area contributed by atoms with E-state index in [0.717, 1.165) is 18.4 Å². The van der Waals surface area contributed by atoms with E-state index < -0.39 is 6.10 Å². The summed E-state index contributed by atoms with van der Waals surface area (Å²) in [7, 11) is 0. The average Bonchev–Trinajstić information content (AvgIpc) is 2.59. The normalized spacial score (nSPS) is 19.3. The summed E-state index contributed by atoms with van der Waals surface area (Å²) in [5, 5.41) is 12.8. The second kappa shape index (κ2) is 6.87. The van der Waals surface area contributed by atoms with Crippen LogP contribution in [0.1, 0.15) is 24.8 Å². The Labute approximate surface area is 128 Å². The van der Waals surface area contributed by atoms with Crippen molar-refractivity contribution in [1.82, 2.24) is 9.88 Å². The number of anilines is 1. The topological polar surface area (TPSA) is 82.5 Å². The summed E-state index contributed by atoms with van der Waals surface area (Å²) in [5.74, 6) is -0.715. The van der Waals surface area contributed by atoms with Crippen molar-refractivity contribution in [1.29, 1.82) is 0 Å². The zero-order chi connectivity index (χ0) is 15.4. The van der Waals surface area contributed by atoms with E-state index in [-0.39, 0.29) is 18.4 Å². The first-order valence-electron chi connectivity index (χ1n) is 6.86. The zero-order valence-electron chi connectivity index (χ0n) is 11.8. The molecule has 0 radical (unpaired) electrons. The average molecular weight is 312 g/mol. The summed E-state index contributed by atoms with van der Waals surface area (Å²) in [4.78, 5) is 29.3. The summed E-state index contributed by atoms with van der Waals surface area (Å²) in [6.07, 6.45) is 4.03. The lowest BCUT2D eigenvalue weighted by Crippen LogP contribution is -2.42. The largest absolute Gasteiger partial charge is 0.383 e. The van der Waals surface area contributed by atoms with Gasteiger partial charge in [0.05, 0.1) is 23.5 Å². The predicted octanol–water partition coefficient (Wildman–Crippen LogP) is 1.36. The van der Waals surface area contributed by atoms with E-state index in [9.17, 15) is 14.7 Å². The number of halogens is 1. The van der Waals surface area contributed by atoms with E-state index in [1.165, 1.54) is 17.3 Å². The summed E-state index contributed by atoms with van der Waals surface area (Å²) >= 11 is 5.94. The number of nitrogens with zero attached hydrogens (tertiary/aromatic N) is 2. The van der Waals surface area contributed by atoms with Gasteiger partial charge in [0.25, 0.3) is 5.91 Å². The van der Waals surface area contributed by atoms with Gasteiger partial charge in [0, 0.05) is 12.7 Å². The number of aliphatic hydroxyl groups excluding tert-OH is 1. The zero-order valence-corrected chi connectivity index (χ0v) is 12.6. The number of likely N-dealkylation sites (tertiary alicyclic amines) is 1. The molecule has 114 valence electrons. The first kappa shape index (κ1) is 15.7. The number of rotatable bonds is 3. The van der Waals surface area contributed by atoms with E-state index in [0.29, 0.717) is 23.7 Å². The second-order valence-corrected chi connectivity index (χ2v) is 5.52. The predicted molar refractivity (Wildman–Crippen MR) is 79.1 cm³/mol. The lowest BCUT2D eigenvalue weighted by molar-refractivity contribution is -0.141. The third-order valence-electron chi connectivity index (χ3n) is 3.51. The highest BCUT2D eigenvalue weighted by molar-refractivity contribution is 6.31. The van der Waals surface area contributed by atoms with Crippen molar-refractivity contribution in [3.05, 3.63) is 23.0 Å². The van der Waals surface area contributed by atoms with Crippen molar-refractivity contribution in [2.24, 2.45) is 0 Å². The lowest BCUT2D eigenvalue weighted by Gasteiger charge is -2.21. The summed E-state index contributed by atoms with van der Waals surface area (Å²) in [6.45, 7) is 2.18. The number of nitrogens with one attached hydrogen (secondary N) is 1. The van der Waals surface area contributed by atoms with Gasteiger partial charge in [-0.15, -0.1) is 0 Å². The molecule has 2 rings (SSSR count). The van der Waals surface area contributed by atoms with Crippen LogP contribution in [-0.2, 0) is 9.59 Å². The van der Waals surface area contributed by atoms with Gasteiger partial charge < -0.3 is 15.3 Å². The van der Waals surface area contributed by atoms with Crippen LogP contribution < -0.4 is 5.32 Å². The minimum atomic E-state index is -1.00. The van der Waals surface area contributed by atoms with E-state index in [2.05, 4.69) is 10.3 Å². The van der Waals surface area contributed by atoms with Crippen LogP contribution in [0.15, 0.2) is 12.4 Å². The van der Waals surface area contributed by atoms with Crippen molar-refractivity contribution in [3.63, 3.8) is 0 Å². The van der Waals surface area contributed by atoms with E-state index in [4.69, 9.17) is 11.6 Å². The van der Waals surface area contributed by atoms with Gasteiger partial charge in [-0.1, -0.05) is 11.6 Å². The molecule has 1 fully saturated rings. The molecule has 1 aliphatic rings. The van der Waals surface area contributed by atoms with Gasteiger partial charge in [0.2, 0.25) is 5.91 Å². The van der Waals surface area contributed by atoms with Gasteiger partial charge in [-0.25, -0.2) is 0 Å². The molecule has 1 aliphatic heterocycles. The summed E-state index contributed by atoms with van der Waals surface area (Å²) < 4.78 is 0. The number of aliphatic hydroxyl groups is 1. The van der Waals surface area contributed by atoms with Gasteiger partial charge in [-0.05, 0) is 31.7 Å². The monoisotopic (exact) mass is 311 g/mol. The molecule has 0 aliphatic carbocycles. The minimum absolute atomic E-state index is 0.0815. The summed E-state index contributed by atoms with van der Waals surface area (Å²) in [5.41, 5.74) is 1.25. The Morgan fingerprint density at radius 3 is 3.05 bits per heavy atom. The maximum Gasteiger partial charge on any atom is 0.251 e. The number of aromatic nitrogens is 1. The third-order valence-corrected chi connectivity index (χ3v) is 3.90. The maximum absolute atomic E-state index is 12.1. The van der Waals surface area contributed by atoms with E-state index in [1.807, 2.05) is 0 Å². The molecule has 6 nitrogen and oxygen atoms in total. The number of pyridine rings is 1. The van der Waals surface area contributed by atoms with Crippen molar-refractivity contribution < 1.29 is 14.7 Å². The van der Waals surface area contributed by atoms with Crippen molar-refractivity contribution >= 4 is 29.1 Å². The number of amides is 2. The van der Waals surface area contributed by atoms with E-state index >= 15 is 0 Å². The Balaban J connectivity index is 2.01. The number of hydrogen-bond donors (Lipinski definition) is 2. The van der Waals surface area contributed by atoms with Gasteiger partial charge >= 0.3 is 0 Å². The Kier molecular flexibility index (Phi) is 5.14. The molecular weight excluding hydrogens is 294 g/mol. The Morgan fingerprint density at radius 1 is 1.52 bits per heavy atom. The third kappa shape index (κ3) is 3.92. The Bertz CT molecular complexity index is 550. The number of hydrogen-bond acceptors (Lipinski definition) is 4. The van der Waals surface area contributed by atoms with Crippen LogP contribution in [-0.4, -0.2) is 46.0 Å². The molecule has 1 atom stereocenters. The van der Waals surface area contributed by atoms with Gasteiger partial charge in [0.1, 0.15) is 6.10 Å². The highest BCUT2D eigenvalue weighted by Crippen LogP contribution is 2.21. The molecule has 1 unspecified atom stereocenters. The maximum atomic E-state index is 12.1. The molecule has 0 saturated carbocycles. The summed E-state index contributed by atoms with van der Waals surface area (Å²) in [6, 6.07) is 0. The quantitative estimate of drug-likeness (QED) is 0.883. The second-order valence-electron chi connectivity index (χ2n) is 5.11. The highest BCUT2D eigenvalue weighted by atomic mass is 35.5. The van der Waals surface area contributed by atoms with Crippen LogP contribution in [0.25, 0.3) is 0 Å². The van der Waals surface area contributed by atoms with Crippen LogP contribution in [0.4, 0.5) is 5.69 Å². The minimum Gasteiger partial charge on any atom is -0.383 e. The molecule has 1 saturated heterocycles. The van der Waals surface area contributed by atoms with Gasteiger partial charge in [-0.2, -0.15) is 0 Å². The molecule has 0 aromatic carbocycles. The SMILES string of the molecule is Cc1c(Cl)cncc1NC(=O)CN1CCCCC(O)C1=O. The van der Waals surface area contributed by atoms with Crippen molar-refractivity contribution in [2.75, 3.05) is 18.4 Å². The fraction of sp³-hybridized carbons (Fsp3) is 0.500. The first-order chi connectivity index (χ1) is 9.99. The van der Waals surface area contributed by atoms with Crippen molar-refractivity contribution in [3.8, 4) is 0 Å². The molecule has 1 aromatic heterocycles. The van der Waals surface area contributed by atoms with Crippen LogP contribution >= 0.6 is 11.6 Å². The van der Waals surface area contributed by atoms with Crippen LogP contribution in [0, 0.1) is 6.92 Å². The van der Waals surface area contributed by atoms with Gasteiger partial charge in [-0.3, -0.25) is 14.6 Å². The standard InChI is InChI=1S/C14H18ClN3O3/c1-9-10(15)6-16-7-11(9)17-13(20)8-18-5-3-2-4-12(19)14(18)21/h6-7,12,19H,2-5,8H2,1H3,(H,17,20). The van der Waals surface area contributed by atoms with Crippen LogP contribution in [0.3, 0.4) is 0 Å². The molecule has 7 heteroatoms. The first-order valence-corrected chi connectivity index (χ1v) is 7.23. The lowest BCUT2D eigenvalue weighted by atomic mass is 10.2. The molecule has 1 aromatic rings. The smallest absolute Gasteiger partial charge is 0.251 e. The molecule has 21 heavy (non-hydrogen) atoms. The molecule has 2 N–H and O–H groups in total. The number of carbonyl (C=O) groups excluding carboxylic acids is 2. The Hall–Kier alpha value is -1.66. The molecule has 2 amide bonds. The van der Waals surface area contributed by atoms with Gasteiger partial charge in [0.15, 0.2) is 0 Å². The molecule has 0 bridgehead atoms. The number of carbonyl (C=O) groups is 2. The molecule has 2 heterocycles. The van der Waals surface area contributed by atoms with Crippen LogP contribution in [0.2, 0.25) is 5.02 Å². The highest BCUT2D eigenvalue weighted by Gasteiger charge is 2.26. The fourth-order valence-electron chi connectivity index (χ4n) is 2.23. The van der Waals surface area contributed by atoms with Crippen LogP contribution in [0.5, 0.6) is 0 Å². The van der Waals surface area contributed by atoms with Crippen molar-refractivity contribution in [2.45, 2.75) is 32.3 Å².